The average molecular weight is 301 g/mol. The van der Waals surface area contributed by atoms with Crippen molar-refractivity contribution in [3.05, 3.63) is 28.2 Å². The number of oxime groups is 1. The highest BCUT2D eigenvalue weighted by molar-refractivity contribution is 9.10. The van der Waals surface area contributed by atoms with Crippen molar-refractivity contribution in [3.8, 4) is 5.75 Å². The minimum atomic E-state index is 0.0471. The Morgan fingerprint density at radius 1 is 1.53 bits per heavy atom. The number of amidine groups is 1. The van der Waals surface area contributed by atoms with E-state index >= 15 is 0 Å². The lowest BCUT2D eigenvalue weighted by atomic mass is 10.1. The largest absolute Gasteiger partial charge is 0.493 e. The Labute approximate surface area is 110 Å². The summed E-state index contributed by atoms with van der Waals surface area (Å²) < 4.78 is 6.49. The quantitative estimate of drug-likeness (QED) is 0.380. The molecule has 3 N–H and O–H groups in total. The summed E-state index contributed by atoms with van der Waals surface area (Å²) in [6, 6.07) is 5.43. The normalized spacial score (nSPS) is 11.9. The molecule has 4 nitrogen and oxygen atoms in total. The number of hydrogen-bond donors (Lipinski definition) is 2. The predicted molar refractivity (Wildman–Crippen MR) is 71.6 cm³/mol. The van der Waals surface area contributed by atoms with E-state index in [-0.39, 0.29) is 5.84 Å². The zero-order valence-electron chi connectivity index (χ0n) is 9.98. The van der Waals surface area contributed by atoms with E-state index in [1.165, 1.54) is 0 Å². The van der Waals surface area contributed by atoms with E-state index in [4.69, 9.17) is 15.7 Å². The second-order valence-corrected chi connectivity index (χ2v) is 5.07. The highest BCUT2D eigenvalue weighted by atomic mass is 79.9. The third-order valence-electron chi connectivity index (χ3n) is 2.28. The van der Waals surface area contributed by atoms with Crippen LogP contribution in [0.1, 0.15) is 25.8 Å². The monoisotopic (exact) mass is 300 g/mol. The van der Waals surface area contributed by atoms with E-state index in [0.29, 0.717) is 23.8 Å². The van der Waals surface area contributed by atoms with E-state index < -0.39 is 0 Å². The molecule has 0 spiro atoms. The molecule has 0 aliphatic carbocycles. The fourth-order valence-corrected chi connectivity index (χ4v) is 1.65. The van der Waals surface area contributed by atoms with Gasteiger partial charge in [0.2, 0.25) is 0 Å². The number of hydrogen-bond acceptors (Lipinski definition) is 3. The maximum atomic E-state index is 8.71. The second-order valence-electron chi connectivity index (χ2n) is 4.16. The van der Waals surface area contributed by atoms with Crippen molar-refractivity contribution in [1.82, 2.24) is 0 Å². The van der Waals surface area contributed by atoms with Crippen LogP contribution in [0.15, 0.2) is 27.8 Å². The Balaban J connectivity index is 2.83. The summed E-state index contributed by atoms with van der Waals surface area (Å²) in [4.78, 5) is 0. The van der Waals surface area contributed by atoms with E-state index in [0.717, 1.165) is 10.9 Å². The van der Waals surface area contributed by atoms with Crippen LogP contribution in [0.3, 0.4) is 0 Å². The molecule has 1 aromatic carbocycles. The lowest BCUT2D eigenvalue weighted by Gasteiger charge is -2.12. The van der Waals surface area contributed by atoms with Crippen LogP contribution in [-0.2, 0) is 0 Å². The van der Waals surface area contributed by atoms with Gasteiger partial charge in [-0.15, -0.1) is 0 Å². The SMILES string of the molecule is CC(C)CCOc1ccc(Br)cc1/C(N)=N/O. The summed E-state index contributed by atoms with van der Waals surface area (Å²) in [5.74, 6) is 1.26. The topological polar surface area (TPSA) is 67.8 Å². The molecule has 0 radical (unpaired) electrons. The average Bonchev–Trinajstić information content (AvgIpc) is 2.29. The van der Waals surface area contributed by atoms with Gasteiger partial charge in [0.05, 0.1) is 12.2 Å². The summed E-state index contributed by atoms with van der Waals surface area (Å²) in [6.07, 6.45) is 0.964. The molecule has 0 amide bonds. The fourth-order valence-electron chi connectivity index (χ4n) is 1.29. The Hall–Kier alpha value is -1.23. The molecular formula is C12H17BrN2O2. The Bertz CT molecular complexity index is 405. The van der Waals surface area contributed by atoms with Crippen LogP contribution in [0.2, 0.25) is 0 Å². The molecule has 0 fully saturated rings. The first-order valence-corrected chi connectivity index (χ1v) is 6.24. The number of ether oxygens (including phenoxy) is 1. The summed E-state index contributed by atoms with van der Waals surface area (Å²) in [5, 5.41) is 11.7. The van der Waals surface area contributed by atoms with Gasteiger partial charge in [-0.3, -0.25) is 0 Å². The van der Waals surface area contributed by atoms with Gasteiger partial charge in [0, 0.05) is 4.47 Å². The molecule has 0 unspecified atom stereocenters. The number of rotatable bonds is 5. The van der Waals surface area contributed by atoms with Crippen LogP contribution < -0.4 is 10.5 Å². The van der Waals surface area contributed by atoms with E-state index in [1.807, 2.05) is 6.07 Å². The Morgan fingerprint density at radius 3 is 2.82 bits per heavy atom. The van der Waals surface area contributed by atoms with Crippen molar-refractivity contribution in [1.29, 1.82) is 0 Å². The zero-order valence-corrected chi connectivity index (χ0v) is 11.6. The van der Waals surface area contributed by atoms with Crippen molar-refractivity contribution < 1.29 is 9.94 Å². The van der Waals surface area contributed by atoms with Crippen molar-refractivity contribution in [3.63, 3.8) is 0 Å². The predicted octanol–water partition coefficient (Wildman–Crippen LogP) is 2.97. The first-order chi connectivity index (χ1) is 8.04. The van der Waals surface area contributed by atoms with E-state index in [1.54, 1.807) is 12.1 Å². The van der Waals surface area contributed by atoms with Gasteiger partial charge in [-0.1, -0.05) is 34.9 Å². The molecule has 0 aromatic heterocycles. The van der Waals surface area contributed by atoms with Gasteiger partial charge in [-0.25, -0.2) is 0 Å². The zero-order chi connectivity index (χ0) is 12.8. The van der Waals surface area contributed by atoms with Crippen molar-refractivity contribution in [2.75, 3.05) is 6.61 Å². The number of nitrogens with zero attached hydrogens (tertiary/aromatic N) is 1. The van der Waals surface area contributed by atoms with Gasteiger partial charge in [-0.05, 0) is 30.5 Å². The maximum absolute atomic E-state index is 8.71. The summed E-state index contributed by atoms with van der Waals surface area (Å²) in [5.41, 5.74) is 6.18. The molecule has 0 aliphatic rings. The van der Waals surface area contributed by atoms with Gasteiger partial charge in [0.25, 0.3) is 0 Å². The molecule has 1 rings (SSSR count). The van der Waals surface area contributed by atoms with Gasteiger partial charge in [0.15, 0.2) is 5.84 Å². The molecule has 0 saturated carbocycles. The smallest absolute Gasteiger partial charge is 0.173 e. The summed E-state index contributed by atoms with van der Waals surface area (Å²) in [7, 11) is 0. The van der Waals surface area contributed by atoms with Gasteiger partial charge in [-0.2, -0.15) is 0 Å². The third-order valence-corrected chi connectivity index (χ3v) is 2.77. The number of benzene rings is 1. The third kappa shape index (κ3) is 4.26. The first kappa shape index (κ1) is 13.8. The molecule has 17 heavy (non-hydrogen) atoms. The van der Waals surface area contributed by atoms with Crippen LogP contribution in [0.4, 0.5) is 0 Å². The van der Waals surface area contributed by atoms with Gasteiger partial charge in [0.1, 0.15) is 5.75 Å². The molecule has 0 saturated heterocycles. The highest BCUT2D eigenvalue weighted by Crippen LogP contribution is 2.23. The highest BCUT2D eigenvalue weighted by Gasteiger charge is 2.09. The molecule has 94 valence electrons. The van der Waals surface area contributed by atoms with Crippen LogP contribution >= 0.6 is 15.9 Å². The number of nitrogens with two attached hydrogens (primary N) is 1. The first-order valence-electron chi connectivity index (χ1n) is 5.45. The summed E-state index contributed by atoms with van der Waals surface area (Å²) in [6.45, 7) is 4.88. The molecule has 1 aromatic rings. The lowest BCUT2D eigenvalue weighted by Crippen LogP contribution is -2.15. The molecule has 0 atom stereocenters. The van der Waals surface area contributed by atoms with Crippen LogP contribution in [0.25, 0.3) is 0 Å². The number of halogens is 1. The summed E-state index contributed by atoms with van der Waals surface area (Å²) >= 11 is 3.34. The Kier molecular flexibility index (Phi) is 5.28. The second kappa shape index (κ2) is 6.49. The van der Waals surface area contributed by atoms with Crippen LogP contribution in [0, 0.1) is 5.92 Å². The standard InChI is InChI=1S/C12H17BrN2O2/c1-8(2)5-6-17-11-4-3-9(13)7-10(11)12(14)15-16/h3-4,7-8,16H,5-6H2,1-2H3,(H2,14,15). The maximum Gasteiger partial charge on any atom is 0.173 e. The van der Waals surface area contributed by atoms with Crippen molar-refractivity contribution >= 4 is 21.8 Å². The molecule has 0 aliphatic heterocycles. The van der Waals surface area contributed by atoms with Crippen LogP contribution in [0.5, 0.6) is 5.75 Å². The Morgan fingerprint density at radius 2 is 2.24 bits per heavy atom. The van der Waals surface area contributed by atoms with Gasteiger partial charge < -0.3 is 15.7 Å². The van der Waals surface area contributed by atoms with E-state index in [9.17, 15) is 0 Å². The lowest BCUT2D eigenvalue weighted by molar-refractivity contribution is 0.288. The molecule has 5 heteroatoms. The minimum Gasteiger partial charge on any atom is -0.493 e. The minimum absolute atomic E-state index is 0.0471. The van der Waals surface area contributed by atoms with Gasteiger partial charge >= 0.3 is 0 Å². The van der Waals surface area contributed by atoms with Crippen molar-refractivity contribution in [2.45, 2.75) is 20.3 Å². The fraction of sp³-hybridized carbons (Fsp3) is 0.417. The van der Waals surface area contributed by atoms with Crippen molar-refractivity contribution in [2.24, 2.45) is 16.8 Å². The van der Waals surface area contributed by atoms with Crippen LogP contribution in [-0.4, -0.2) is 17.6 Å². The molecule has 0 bridgehead atoms. The van der Waals surface area contributed by atoms with E-state index in [2.05, 4.69) is 34.9 Å². The molecular weight excluding hydrogens is 284 g/mol. The molecule has 0 heterocycles.